The van der Waals surface area contributed by atoms with Gasteiger partial charge in [-0.1, -0.05) is 65.3 Å². The molecule has 1 aliphatic rings. The van der Waals surface area contributed by atoms with Crippen molar-refractivity contribution in [2.75, 3.05) is 5.32 Å². The molecule has 0 saturated heterocycles. The van der Waals surface area contributed by atoms with E-state index in [-0.39, 0.29) is 11.9 Å². The summed E-state index contributed by atoms with van der Waals surface area (Å²) in [6.45, 7) is 18.6. The number of nitrogens with one attached hydrogen (secondary N) is 1. The van der Waals surface area contributed by atoms with E-state index in [4.69, 9.17) is 11.6 Å². The van der Waals surface area contributed by atoms with Crippen molar-refractivity contribution in [3.8, 4) is 11.1 Å². The minimum Gasteiger partial charge on any atom is -0.331 e. The fraction of sp³-hybridized carbons (Fsp3) is 0.429. The van der Waals surface area contributed by atoms with Gasteiger partial charge in [0.1, 0.15) is 12.3 Å². The molecule has 0 fully saturated rings. The number of aldehydes is 1. The molecule has 1 aliphatic heterocycles. The predicted octanol–water partition coefficient (Wildman–Crippen LogP) is 7.91. The monoisotopic (exact) mass is 468 g/mol. The number of rotatable bonds is 3. The van der Waals surface area contributed by atoms with Crippen LogP contribution in [0.5, 0.6) is 0 Å². The Hall–Kier alpha value is -2.59. The Morgan fingerprint density at radius 2 is 1.64 bits per heavy atom. The minimum atomic E-state index is -0.269. The van der Waals surface area contributed by atoms with Gasteiger partial charge in [0.25, 0.3) is 0 Å². The van der Waals surface area contributed by atoms with Crippen LogP contribution < -0.4 is 5.32 Å². The Kier molecular flexibility index (Phi) is 8.53. The Bertz CT molecular complexity index is 1150. The number of hydrogen-bond acceptors (Lipinski definition) is 2. The predicted molar refractivity (Wildman–Crippen MR) is 141 cm³/mol. The van der Waals surface area contributed by atoms with E-state index in [2.05, 4.69) is 43.6 Å². The van der Waals surface area contributed by atoms with Gasteiger partial charge in [-0.3, -0.25) is 4.79 Å². The van der Waals surface area contributed by atoms with E-state index in [0.29, 0.717) is 16.9 Å². The second-order valence-corrected chi connectivity index (χ2v) is 10.3. The molecule has 2 heterocycles. The average molecular weight is 469 g/mol. The minimum absolute atomic E-state index is 0.0301. The number of nitrogens with zero attached hydrogens (tertiary/aromatic N) is 1. The number of hydrogen-bond donors (Lipinski definition) is 1. The zero-order valence-corrected chi connectivity index (χ0v) is 22.1. The second-order valence-electron chi connectivity index (χ2n) is 9.81. The highest BCUT2D eigenvalue weighted by Crippen LogP contribution is 2.44. The van der Waals surface area contributed by atoms with Gasteiger partial charge in [-0.05, 0) is 66.6 Å². The standard InChI is InChI=1S/C21H19ClN2O2.C5H12.C2H6/c1-11-10-17-18(14-4-6-15(22)7-5-14)16(8-9-25)12(2)19-20(17)24(11)13(3)21(26)23-19;1-5(2,3)4;1-2/h4-7,9-10,13H,8H2,1-3H3,(H,23,26);1-4H3;1-2H3. The lowest BCUT2D eigenvalue weighted by Crippen LogP contribution is -2.29. The highest BCUT2D eigenvalue weighted by atomic mass is 35.5. The molecule has 4 rings (SSSR count). The lowest BCUT2D eigenvalue weighted by atomic mass is 9.89. The number of amides is 1. The number of aryl methyl sites for hydroxylation is 1. The molecule has 2 aromatic carbocycles. The number of aromatic nitrogens is 1. The topological polar surface area (TPSA) is 51.1 Å². The van der Waals surface area contributed by atoms with Crippen LogP contribution in [0.1, 0.15) is 71.3 Å². The third kappa shape index (κ3) is 5.67. The first-order chi connectivity index (χ1) is 15.4. The number of halogens is 1. The summed E-state index contributed by atoms with van der Waals surface area (Å²) in [6, 6.07) is 9.51. The molecule has 5 heteroatoms. The molecule has 1 N–H and O–H groups in total. The van der Waals surface area contributed by atoms with E-state index in [1.54, 1.807) is 0 Å². The molecular weight excluding hydrogens is 432 g/mol. The van der Waals surface area contributed by atoms with E-state index < -0.39 is 0 Å². The SMILES string of the molecule is CC.CC(C)(C)C.Cc1c(CC=O)c(-c2ccc(Cl)cc2)c2cc(C)n3c2c1NC(=O)C3C. The number of carbonyl (C=O) groups is 2. The summed E-state index contributed by atoms with van der Waals surface area (Å²) < 4.78 is 2.08. The van der Waals surface area contributed by atoms with Crippen molar-refractivity contribution in [3.63, 3.8) is 0 Å². The van der Waals surface area contributed by atoms with Crippen molar-refractivity contribution < 1.29 is 9.59 Å². The van der Waals surface area contributed by atoms with Crippen LogP contribution in [0.25, 0.3) is 22.0 Å². The normalized spacial score (nSPS) is 14.6. The first kappa shape index (κ1) is 26.7. The third-order valence-electron chi connectivity index (χ3n) is 5.30. The van der Waals surface area contributed by atoms with Crippen LogP contribution in [-0.2, 0) is 16.0 Å². The maximum absolute atomic E-state index is 12.4. The molecular formula is C28H37ClN2O2. The fourth-order valence-corrected chi connectivity index (χ4v) is 4.18. The van der Waals surface area contributed by atoms with Crippen LogP contribution in [-0.4, -0.2) is 16.8 Å². The van der Waals surface area contributed by atoms with Crippen LogP contribution in [0.2, 0.25) is 5.02 Å². The maximum atomic E-state index is 12.4. The number of benzene rings is 2. The molecule has 178 valence electrons. The zero-order valence-electron chi connectivity index (χ0n) is 21.4. The summed E-state index contributed by atoms with van der Waals surface area (Å²) in [7, 11) is 0. The molecule has 0 radical (unpaired) electrons. The highest BCUT2D eigenvalue weighted by Gasteiger charge is 2.30. The summed E-state index contributed by atoms with van der Waals surface area (Å²) in [5, 5.41) is 4.77. The molecule has 4 nitrogen and oxygen atoms in total. The van der Waals surface area contributed by atoms with Crippen LogP contribution >= 0.6 is 11.6 Å². The van der Waals surface area contributed by atoms with Crippen molar-refractivity contribution in [2.24, 2.45) is 5.41 Å². The largest absolute Gasteiger partial charge is 0.331 e. The van der Waals surface area contributed by atoms with Crippen molar-refractivity contribution in [3.05, 3.63) is 52.2 Å². The van der Waals surface area contributed by atoms with Crippen molar-refractivity contribution in [1.82, 2.24) is 4.57 Å². The summed E-state index contributed by atoms with van der Waals surface area (Å²) in [6.07, 6.45) is 1.21. The molecule has 1 atom stereocenters. The lowest BCUT2D eigenvalue weighted by Gasteiger charge is -2.27. The van der Waals surface area contributed by atoms with Crippen molar-refractivity contribution >= 4 is 40.4 Å². The van der Waals surface area contributed by atoms with E-state index in [1.165, 1.54) is 0 Å². The summed E-state index contributed by atoms with van der Waals surface area (Å²) in [5.41, 5.74) is 7.29. The van der Waals surface area contributed by atoms with Gasteiger partial charge >= 0.3 is 0 Å². The van der Waals surface area contributed by atoms with Gasteiger partial charge in [0.15, 0.2) is 0 Å². The molecule has 3 aromatic rings. The van der Waals surface area contributed by atoms with Crippen molar-refractivity contribution in [1.29, 1.82) is 0 Å². The van der Waals surface area contributed by atoms with E-state index in [9.17, 15) is 9.59 Å². The molecule has 0 aliphatic carbocycles. The second kappa shape index (κ2) is 10.6. The smallest absolute Gasteiger partial charge is 0.247 e. The first-order valence-corrected chi connectivity index (χ1v) is 12.0. The van der Waals surface area contributed by atoms with Gasteiger partial charge in [0, 0.05) is 22.5 Å². The van der Waals surface area contributed by atoms with Gasteiger partial charge in [-0.15, -0.1) is 0 Å². The van der Waals surface area contributed by atoms with Crippen LogP contribution in [0.15, 0.2) is 30.3 Å². The average Bonchev–Trinajstić information content (AvgIpc) is 3.08. The van der Waals surface area contributed by atoms with Crippen LogP contribution in [0.4, 0.5) is 5.69 Å². The van der Waals surface area contributed by atoms with Crippen molar-refractivity contribution in [2.45, 2.75) is 74.8 Å². The van der Waals surface area contributed by atoms with Gasteiger partial charge in [0.05, 0.1) is 11.2 Å². The Morgan fingerprint density at radius 3 is 2.15 bits per heavy atom. The molecule has 1 unspecified atom stereocenters. The van der Waals surface area contributed by atoms with Crippen LogP contribution in [0.3, 0.4) is 0 Å². The van der Waals surface area contributed by atoms with Gasteiger partial charge < -0.3 is 14.7 Å². The maximum Gasteiger partial charge on any atom is 0.247 e. The molecule has 1 amide bonds. The summed E-state index contributed by atoms with van der Waals surface area (Å²) >= 11 is 6.06. The molecule has 0 spiro atoms. The lowest BCUT2D eigenvalue weighted by molar-refractivity contribution is -0.119. The zero-order chi connectivity index (χ0) is 25.1. The molecule has 0 bridgehead atoms. The Morgan fingerprint density at radius 1 is 1.09 bits per heavy atom. The summed E-state index contributed by atoms with van der Waals surface area (Å²) in [4.78, 5) is 23.8. The molecule has 0 saturated carbocycles. The Balaban J connectivity index is 0.000000489. The molecule has 1 aromatic heterocycles. The Labute approximate surface area is 203 Å². The van der Waals surface area contributed by atoms with Gasteiger partial charge in [-0.25, -0.2) is 0 Å². The number of anilines is 1. The first-order valence-electron chi connectivity index (χ1n) is 11.6. The summed E-state index contributed by atoms with van der Waals surface area (Å²) in [5.74, 6) is -0.0301. The number of carbonyl (C=O) groups excluding carboxylic acids is 2. The highest BCUT2D eigenvalue weighted by molar-refractivity contribution is 6.30. The quantitative estimate of drug-likeness (QED) is 0.397. The fourth-order valence-electron chi connectivity index (χ4n) is 4.06. The molecule has 33 heavy (non-hydrogen) atoms. The van der Waals surface area contributed by atoms with Crippen LogP contribution in [0, 0.1) is 19.3 Å². The third-order valence-corrected chi connectivity index (χ3v) is 5.55. The van der Waals surface area contributed by atoms with E-state index in [0.717, 1.165) is 50.8 Å². The van der Waals surface area contributed by atoms with Gasteiger partial charge in [0.2, 0.25) is 5.91 Å². The van der Waals surface area contributed by atoms with Gasteiger partial charge in [-0.2, -0.15) is 0 Å². The van der Waals surface area contributed by atoms with E-state index in [1.807, 2.05) is 58.9 Å². The van der Waals surface area contributed by atoms with E-state index >= 15 is 0 Å².